The molecule has 2 aliphatic rings. The molecule has 0 bridgehead atoms. The fourth-order valence-corrected chi connectivity index (χ4v) is 6.60. The van der Waals surface area contributed by atoms with Gasteiger partial charge in [0.2, 0.25) is 28.6 Å². The van der Waals surface area contributed by atoms with E-state index in [-0.39, 0.29) is 37.4 Å². The molecule has 0 aromatic heterocycles. The largest absolute Gasteiger partial charge is 0.454 e. The van der Waals surface area contributed by atoms with E-state index in [4.69, 9.17) is 21.1 Å². The van der Waals surface area contributed by atoms with Gasteiger partial charge in [0.25, 0.3) is 0 Å². The summed E-state index contributed by atoms with van der Waals surface area (Å²) >= 11 is 6.53. The summed E-state index contributed by atoms with van der Waals surface area (Å²) in [6, 6.07) is 20.4. The lowest BCUT2D eigenvalue weighted by molar-refractivity contribution is -0.140. The molecule has 0 unspecified atom stereocenters. The van der Waals surface area contributed by atoms with Crippen LogP contribution < -0.4 is 19.1 Å². The quantitative estimate of drug-likeness (QED) is 0.324. The van der Waals surface area contributed by atoms with E-state index in [0.717, 1.165) is 48.2 Å². The van der Waals surface area contributed by atoms with Crippen LogP contribution in [0, 0.1) is 0 Å². The van der Waals surface area contributed by atoms with Crippen LogP contribution in [-0.4, -0.2) is 56.8 Å². The molecule has 1 atom stereocenters. The number of nitrogens with one attached hydrogen (secondary N) is 1. The van der Waals surface area contributed by atoms with Crippen molar-refractivity contribution in [3.63, 3.8) is 0 Å². The van der Waals surface area contributed by atoms with Gasteiger partial charge >= 0.3 is 0 Å². The van der Waals surface area contributed by atoms with Gasteiger partial charge in [-0.1, -0.05) is 79.4 Å². The van der Waals surface area contributed by atoms with Gasteiger partial charge in [-0.25, -0.2) is 8.42 Å². The fourth-order valence-electron chi connectivity index (χ4n) is 5.56. The Labute approximate surface area is 257 Å². The van der Waals surface area contributed by atoms with E-state index in [1.54, 1.807) is 30.3 Å². The van der Waals surface area contributed by atoms with E-state index in [2.05, 4.69) is 5.32 Å². The second-order valence-corrected chi connectivity index (χ2v) is 13.3. The van der Waals surface area contributed by atoms with Gasteiger partial charge in [0.15, 0.2) is 11.5 Å². The van der Waals surface area contributed by atoms with Crippen LogP contribution in [0.3, 0.4) is 0 Å². The van der Waals surface area contributed by atoms with Gasteiger partial charge in [-0.2, -0.15) is 0 Å². The van der Waals surface area contributed by atoms with Gasteiger partial charge in [0.1, 0.15) is 12.6 Å². The van der Waals surface area contributed by atoms with Crippen molar-refractivity contribution in [1.82, 2.24) is 10.2 Å². The molecule has 9 nitrogen and oxygen atoms in total. The molecule has 1 N–H and O–H groups in total. The van der Waals surface area contributed by atoms with Crippen molar-refractivity contribution in [2.24, 2.45) is 0 Å². The Balaban J connectivity index is 1.51. The SMILES string of the molecule is CS(=O)(=O)N(CC(=O)N(Cc1ccccc1Cl)[C@H](Cc1ccccc1)C(=O)NC1CCCCC1)c1ccc2c(c1)OCO2. The van der Waals surface area contributed by atoms with Crippen LogP contribution in [0.1, 0.15) is 43.2 Å². The molecule has 0 saturated heterocycles. The minimum atomic E-state index is -3.91. The van der Waals surface area contributed by atoms with Crippen molar-refractivity contribution >= 4 is 39.1 Å². The van der Waals surface area contributed by atoms with E-state index >= 15 is 0 Å². The second kappa shape index (κ2) is 13.7. The third-order valence-corrected chi connectivity index (χ3v) is 9.35. The standard InChI is InChI=1S/C32H36ClN3O6S/c1-43(39,40)36(26-16-17-29-30(19-26)42-22-41-29)21-31(37)35(20-24-12-8-9-15-27(24)33)28(18-23-10-4-2-5-11-23)32(38)34-25-13-6-3-7-14-25/h2,4-5,8-12,15-17,19,25,28H,3,6-7,13-14,18,20-22H2,1H3,(H,34,38)/t28-/m1/s1. The molecule has 0 radical (unpaired) electrons. The monoisotopic (exact) mass is 625 g/mol. The fraction of sp³-hybridized carbons (Fsp3) is 0.375. The molecular weight excluding hydrogens is 590 g/mol. The number of benzene rings is 3. The summed E-state index contributed by atoms with van der Waals surface area (Å²) < 4.78 is 37.9. The molecular formula is C32H36ClN3O6S. The summed E-state index contributed by atoms with van der Waals surface area (Å²) in [6.45, 7) is -0.475. The van der Waals surface area contributed by atoms with Crippen LogP contribution in [0.25, 0.3) is 0 Å². The number of hydrogen-bond acceptors (Lipinski definition) is 6. The van der Waals surface area contributed by atoms with Gasteiger partial charge in [-0.15, -0.1) is 0 Å². The summed E-state index contributed by atoms with van der Waals surface area (Å²) in [5, 5.41) is 3.64. The highest BCUT2D eigenvalue weighted by Crippen LogP contribution is 2.36. The number of hydrogen-bond donors (Lipinski definition) is 1. The normalized spacial score (nSPS) is 15.5. The average Bonchev–Trinajstić information content (AvgIpc) is 3.47. The Bertz CT molecular complexity index is 1550. The van der Waals surface area contributed by atoms with E-state index in [1.807, 2.05) is 36.4 Å². The molecule has 3 aromatic rings. The Morgan fingerprint density at radius 1 is 0.953 bits per heavy atom. The molecule has 5 rings (SSSR count). The zero-order valence-corrected chi connectivity index (χ0v) is 25.6. The van der Waals surface area contributed by atoms with Crippen LogP contribution in [0.5, 0.6) is 11.5 Å². The lowest BCUT2D eigenvalue weighted by atomic mass is 9.94. The average molecular weight is 626 g/mol. The first kappa shape index (κ1) is 30.7. The summed E-state index contributed by atoms with van der Waals surface area (Å²) in [4.78, 5) is 29.8. The van der Waals surface area contributed by atoms with Crippen molar-refractivity contribution in [2.45, 2.75) is 57.2 Å². The van der Waals surface area contributed by atoms with E-state index in [0.29, 0.717) is 22.1 Å². The van der Waals surface area contributed by atoms with Gasteiger partial charge in [0, 0.05) is 30.1 Å². The molecule has 1 aliphatic heterocycles. The van der Waals surface area contributed by atoms with Crippen LogP contribution in [0.15, 0.2) is 72.8 Å². The minimum absolute atomic E-state index is 0.0207. The van der Waals surface area contributed by atoms with E-state index in [1.165, 1.54) is 11.0 Å². The molecule has 11 heteroatoms. The van der Waals surface area contributed by atoms with Crippen molar-refractivity contribution < 1.29 is 27.5 Å². The summed E-state index contributed by atoms with van der Waals surface area (Å²) in [5.74, 6) is 0.0689. The van der Waals surface area contributed by atoms with Crippen LogP contribution >= 0.6 is 11.6 Å². The molecule has 3 aromatic carbocycles. The Kier molecular flexibility index (Phi) is 9.77. The number of amides is 2. The maximum Gasteiger partial charge on any atom is 0.244 e. The predicted molar refractivity (Wildman–Crippen MR) is 166 cm³/mol. The highest BCUT2D eigenvalue weighted by atomic mass is 35.5. The first-order valence-corrected chi connectivity index (χ1v) is 16.7. The molecule has 1 heterocycles. The topological polar surface area (TPSA) is 105 Å². The Morgan fingerprint density at radius 2 is 1.65 bits per heavy atom. The molecule has 43 heavy (non-hydrogen) atoms. The van der Waals surface area contributed by atoms with Crippen molar-refractivity contribution in [3.05, 3.63) is 88.9 Å². The lowest BCUT2D eigenvalue weighted by Gasteiger charge is -2.35. The highest BCUT2D eigenvalue weighted by Gasteiger charge is 2.34. The predicted octanol–water partition coefficient (Wildman–Crippen LogP) is 4.92. The summed E-state index contributed by atoms with van der Waals surface area (Å²) in [5.41, 5.74) is 1.78. The molecule has 1 fully saturated rings. The third kappa shape index (κ3) is 7.80. The molecule has 0 spiro atoms. The zero-order chi connectivity index (χ0) is 30.4. The number of anilines is 1. The number of fused-ring (bicyclic) bond motifs is 1. The van der Waals surface area contributed by atoms with Gasteiger partial charge < -0.3 is 19.7 Å². The van der Waals surface area contributed by atoms with Crippen LogP contribution in [0.4, 0.5) is 5.69 Å². The number of rotatable bonds is 11. The first-order valence-electron chi connectivity index (χ1n) is 14.4. The van der Waals surface area contributed by atoms with Crippen molar-refractivity contribution in [2.75, 3.05) is 23.9 Å². The van der Waals surface area contributed by atoms with Crippen LogP contribution in [-0.2, 0) is 32.6 Å². The molecule has 2 amide bonds. The number of ether oxygens (including phenoxy) is 2. The van der Waals surface area contributed by atoms with E-state index < -0.39 is 28.5 Å². The minimum Gasteiger partial charge on any atom is -0.454 e. The first-order chi connectivity index (χ1) is 20.7. The zero-order valence-electron chi connectivity index (χ0n) is 24.1. The van der Waals surface area contributed by atoms with Gasteiger partial charge in [-0.3, -0.25) is 13.9 Å². The van der Waals surface area contributed by atoms with Crippen molar-refractivity contribution in [1.29, 1.82) is 0 Å². The number of halogens is 1. The van der Waals surface area contributed by atoms with Crippen molar-refractivity contribution in [3.8, 4) is 11.5 Å². The smallest absolute Gasteiger partial charge is 0.244 e. The summed E-state index contributed by atoms with van der Waals surface area (Å²) in [6.07, 6.45) is 6.27. The van der Waals surface area contributed by atoms with Crippen LogP contribution in [0.2, 0.25) is 5.02 Å². The number of sulfonamides is 1. The highest BCUT2D eigenvalue weighted by molar-refractivity contribution is 7.92. The van der Waals surface area contributed by atoms with Gasteiger partial charge in [0.05, 0.1) is 11.9 Å². The lowest BCUT2D eigenvalue weighted by Crippen LogP contribution is -2.55. The summed E-state index contributed by atoms with van der Waals surface area (Å²) in [7, 11) is -3.91. The van der Waals surface area contributed by atoms with E-state index in [9.17, 15) is 18.0 Å². The number of carbonyl (C=O) groups is 2. The maximum absolute atomic E-state index is 14.3. The Morgan fingerprint density at radius 3 is 2.37 bits per heavy atom. The maximum atomic E-state index is 14.3. The molecule has 1 saturated carbocycles. The number of carbonyl (C=O) groups excluding carboxylic acids is 2. The second-order valence-electron chi connectivity index (χ2n) is 11.0. The third-order valence-electron chi connectivity index (χ3n) is 7.84. The molecule has 1 aliphatic carbocycles. The number of nitrogens with zero attached hydrogens (tertiary/aromatic N) is 2. The Hall–Kier alpha value is -3.76. The molecule has 228 valence electrons. The van der Waals surface area contributed by atoms with Gasteiger partial charge in [-0.05, 0) is 42.2 Å².